The number of aliphatic hydroxyl groups excluding tert-OH is 3. The molecule has 0 aliphatic rings. The van der Waals surface area contributed by atoms with Crippen LogP contribution in [0.2, 0.25) is 10.0 Å². The summed E-state index contributed by atoms with van der Waals surface area (Å²) >= 11 is 13.7. The third kappa shape index (κ3) is 6.29. The molecule has 2 unspecified atom stereocenters. The van der Waals surface area contributed by atoms with Gasteiger partial charge in [0.25, 0.3) is 5.19 Å². The van der Waals surface area contributed by atoms with Crippen LogP contribution >= 0.6 is 46.3 Å². The Kier molecular flexibility index (Phi) is 8.69. The Morgan fingerprint density at radius 2 is 1.94 bits per heavy atom. The van der Waals surface area contributed by atoms with E-state index in [2.05, 4.69) is 15.3 Å². The topological polar surface area (TPSA) is 134 Å². The molecular weight excluding hydrogens is 506 g/mol. The zero-order valence-electron chi connectivity index (χ0n) is 16.5. The van der Waals surface area contributed by atoms with Crippen LogP contribution in [0.4, 0.5) is 4.39 Å². The van der Waals surface area contributed by atoms with E-state index in [1.165, 1.54) is 29.9 Å². The van der Waals surface area contributed by atoms with Crippen molar-refractivity contribution in [1.29, 1.82) is 0 Å². The van der Waals surface area contributed by atoms with Gasteiger partial charge in [0.05, 0.1) is 35.5 Å². The van der Waals surface area contributed by atoms with Crippen LogP contribution in [0.15, 0.2) is 28.6 Å². The molecule has 0 fully saturated rings. The Bertz CT molecular complexity index is 1030. The van der Waals surface area contributed by atoms with Gasteiger partial charge in [-0.15, -0.1) is 5.10 Å². The van der Waals surface area contributed by atoms with E-state index >= 15 is 0 Å². The number of ether oxygens (including phenoxy) is 1. The molecule has 0 saturated carbocycles. The van der Waals surface area contributed by atoms with E-state index in [0.717, 1.165) is 23.1 Å². The Labute approximate surface area is 200 Å². The zero-order valence-corrected chi connectivity index (χ0v) is 19.6. The first-order valence-electron chi connectivity index (χ1n) is 9.16. The van der Waals surface area contributed by atoms with Gasteiger partial charge < -0.3 is 25.2 Å². The number of thiazole rings is 1. The first-order valence-corrected chi connectivity index (χ1v) is 11.7. The molecule has 2 heterocycles. The van der Waals surface area contributed by atoms with Gasteiger partial charge in [-0.3, -0.25) is 0 Å². The zero-order chi connectivity index (χ0) is 23.4. The highest BCUT2D eigenvalue weighted by atomic mass is 35.5. The molecule has 3 rings (SSSR count). The molecule has 0 amide bonds. The standard InChI is InChI=1S/C18H19Cl2FN4O5S2/c1-8(27)15(6-26)30-17(32-9-2-10(19)16(21)11(20)3-9)14(28)5-25-4-12(23-24-25)13-7-31-18(29)22-13/h2-4,7-8,14-15,17,26-28H,5-6H2,1H3,(H,22,29)/t8-,14+,15?,17?/m1/s1. The summed E-state index contributed by atoms with van der Waals surface area (Å²) < 4.78 is 20.8. The van der Waals surface area contributed by atoms with Crippen molar-refractivity contribution in [3.8, 4) is 16.6 Å². The molecule has 2 aromatic heterocycles. The fourth-order valence-electron chi connectivity index (χ4n) is 2.58. The SMILES string of the molecule is C[C@@H](O)C(CO)OC(Sc1cc(Cl)c(F)c(Cl)c1)[C@@H](O)Cn1cc(-c2csc(O)n2)nn1. The predicted octanol–water partition coefficient (Wildman–Crippen LogP) is 2.79. The molecule has 0 spiro atoms. The minimum absolute atomic E-state index is 0.0681. The van der Waals surface area contributed by atoms with Crippen molar-refractivity contribution in [3.05, 3.63) is 39.6 Å². The van der Waals surface area contributed by atoms with Crippen molar-refractivity contribution < 1.29 is 29.6 Å². The molecule has 4 atom stereocenters. The summed E-state index contributed by atoms with van der Waals surface area (Å²) in [6.07, 6.45) is -1.68. The second-order valence-corrected chi connectivity index (χ2v) is 9.52. The number of halogens is 3. The van der Waals surface area contributed by atoms with Gasteiger partial charge in [0.2, 0.25) is 0 Å². The van der Waals surface area contributed by atoms with Crippen LogP contribution in [-0.2, 0) is 11.3 Å². The normalized spacial score (nSPS) is 15.5. The van der Waals surface area contributed by atoms with Crippen LogP contribution < -0.4 is 0 Å². The molecule has 0 radical (unpaired) electrons. The van der Waals surface area contributed by atoms with Gasteiger partial charge in [0.15, 0.2) is 5.82 Å². The summed E-state index contributed by atoms with van der Waals surface area (Å²) in [5.74, 6) is -0.767. The van der Waals surface area contributed by atoms with Crippen molar-refractivity contribution in [2.24, 2.45) is 0 Å². The van der Waals surface area contributed by atoms with Gasteiger partial charge in [0, 0.05) is 10.3 Å². The Balaban J connectivity index is 1.79. The van der Waals surface area contributed by atoms with E-state index in [4.69, 9.17) is 27.9 Å². The van der Waals surface area contributed by atoms with Gasteiger partial charge in [-0.25, -0.2) is 14.1 Å². The maximum absolute atomic E-state index is 13.8. The van der Waals surface area contributed by atoms with Crippen LogP contribution in [0.5, 0.6) is 5.19 Å². The van der Waals surface area contributed by atoms with E-state index in [9.17, 15) is 24.8 Å². The number of benzene rings is 1. The minimum Gasteiger partial charge on any atom is -0.486 e. The number of aromatic nitrogens is 4. The van der Waals surface area contributed by atoms with Crippen LogP contribution in [0.3, 0.4) is 0 Å². The number of hydrogen-bond donors (Lipinski definition) is 4. The molecular formula is C18H19Cl2FN4O5S2. The van der Waals surface area contributed by atoms with Crippen molar-refractivity contribution >= 4 is 46.3 Å². The third-order valence-corrected chi connectivity index (χ3v) is 6.58. The Hall–Kier alpha value is -1.51. The van der Waals surface area contributed by atoms with Crippen LogP contribution in [-0.4, -0.2) is 70.8 Å². The third-order valence-electron chi connectivity index (χ3n) is 4.22. The lowest BCUT2D eigenvalue weighted by Crippen LogP contribution is -2.39. The molecule has 0 aliphatic heterocycles. The summed E-state index contributed by atoms with van der Waals surface area (Å²) in [6, 6.07) is 2.66. The van der Waals surface area contributed by atoms with Gasteiger partial charge in [-0.2, -0.15) is 0 Å². The van der Waals surface area contributed by atoms with Crippen molar-refractivity contribution in [1.82, 2.24) is 20.0 Å². The second kappa shape index (κ2) is 11.1. The highest BCUT2D eigenvalue weighted by Gasteiger charge is 2.28. The molecule has 3 aromatic rings. The highest BCUT2D eigenvalue weighted by Crippen LogP contribution is 2.34. The van der Waals surface area contributed by atoms with Gasteiger partial charge in [-0.1, -0.05) is 51.5 Å². The summed E-state index contributed by atoms with van der Waals surface area (Å²) in [5, 5.41) is 48.6. The van der Waals surface area contributed by atoms with E-state index in [1.54, 1.807) is 5.38 Å². The summed E-state index contributed by atoms with van der Waals surface area (Å²) in [4.78, 5) is 4.32. The van der Waals surface area contributed by atoms with Gasteiger partial charge in [0.1, 0.15) is 29.0 Å². The van der Waals surface area contributed by atoms with Crippen LogP contribution in [0.25, 0.3) is 11.4 Å². The fourth-order valence-corrected chi connectivity index (χ4v) is 4.82. The van der Waals surface area contributed by atoms with E-state index in [0.29, 0.717) is 16.3 Å². The predicted molar refractivity (Wildman–Crippen MR) is 119 cm³/mol. The Morgan fingerprint density at radius 1 is 1.25 bits per heavy atom. The van der Waals surface area contributed by atoms with E-state index in [1.807, 2.05) is 0 Å². The second-order valence-electron chi connectivity index (χ2n) is 6.69. The smallest absolute Gasteiger partial charge is 0.271 e. The minimum atomic E-state index is -1.20. The first-order chi connectivity index (χ1) is 15.2. The first kappa shape index (κ1) is 25.1. The number of hydrogen-bond acceptors (Lipinski definition) is 10. The van der Waals surface area contributed by atoms with E-state index in [-0.39, 0.29) is 21.8 Å². The van der Waals surface area contributed by atoms with Crippen LogP contribution in [0, 0.1) is 5.82 Å². The molecule has 174 valence electrons. The molecule has 1 aromatic carbocycles. The Morgan fingerprint density at radius 3 is 2.50 bits per heavy atom. The number of nitrogens with zero attached hydrogens (tertiary/aromatic N) is 4. The number of thioether (sulfide) groups is 1. The monoisotopic (exact) mass is 524 g/mol. The lowest BCUT2D eigenvalue weighted by molar-refractivity contribution is -0.0972. The van der Waals surface area contributed by atoms with Crippen LogP contribution in [0.1, 0.15) is 6.92 Å². The average molecular weight is 525 g/mol. The largest absolute Gasteiger partial charge is 0.486 e. The van der Waals surface area contributed by atoms with Gasteiger partial charge in [-0.05, 0) is 19.1 Å². The molecule has 0 aliphatic carbocycles. The van der Waals surface area contributed by atoms with E-state index < -0.39 is 36.2 Å². The van der Waals surface area contributed by atoms with Crippen molar-refractivity contribution in [2.45, 2.75) is 42.1 Å². The summed E-state index contributed by atoms with van der Waals surface area (Å²) in [5.41, 5.74) is -0.191. The molecule has 32 heavy (non-hydrogen) atoms. The highest BCUT2D eigenvalue weighted by molar-refractivity contribution is 7.99. The maximum Gasteiger partial charge on any atom is 0.271 e. The summed E-state index contributed by atoms with van der Waals surface area (Å²) in [7, 11) is 0. The number of aliphatic hydroxyl groups is 3. The maximum atomic E-state index is 13.8. The number of aromatic hydroxyl groups is 1. The lowest BCUT2D eigenvalue weighted by atomic mass is 10.2. The lowest BCUT2D eigenvalue weighted by Gasteiger charge is -2.28. The summed E-state index contributed by atoms with van der Waals surface area (Å²) in [6.45, 7) is 0.877. The van der Waals surface area contributed by atoms with Crippen molar-refractivity contribution in [2.75, 3.05) is 6.61 Å². The molecule has 0 bridgehead atoms. The fraction of sp³-hybridized carbons (Fsp3) is 0.389. The molecule has 0 saturated heterocycles. The number of rotatable bonds is 10. The van der Waals surface area contributed by atoms with Gasteiger partial charge >= 0.3 is 0 Å². The molecule has 4 N–H and O–H groups in total. The van der Waals surface area contributed by atoms with Crippen molar-refractivity contribution in [3.63, 3.8) is 0 Å². The molecule has 9 nitrogen and oxygen atoms in total. The molecule has 14 heteroatoms. The quantitative estimate of drug-likeness (QED) is 0.179. The average Bonchev–Trinajstić information content (AvgIpc) is 3.37.